The Labute approximate surface area is 182 Å². The Kier molecular flexibility index (Phi) is 7.07. The van der Waals surface area contributed by atoms with Gasteiger partial charge in [0.25, 0.3) is 11.7 Å². The van der Waals surface area contributed by atoms with Gasteiger partial charge in [0, 0.05) is 24.5 Å². The second-order valence-electron chi connectivity index (χ2n) is 7.61. The molecule has 1 aliphatic rings. The largest absolute Gasteiger partial charge is 0.507 e. The molecule has 1 atom stereocenters. The topological polar surface area (TPSA) is 89.0 Å². The molecule has 0 bridgehead atoms. The van der Waals surface area contributed by atoms with Gasteiger partial charge < -0.3 is 19.5 Å². The number of carbonyl (C=O) groups excluding carboxylic acids is 2. The van der Waals surface area contributed by atoms with Crippen molar-refractivity contribution < 1.29 is 24.2 Å². The molecule has 7 nitrogen and oxygen atoms in total. The number of hydrogen-bond donors (Lipinski definition) is 1. The Morgan fingerprint density at radius 2 is 1.90 bits per heavy atom. The first-order valence-electron chi connectivity index (χ1n) is 10.4. The number of aliphatic hydroxyl groups is 1. The molecule has 0 spiro atoms. The molecular weight excluding hydrogens is 396 g/mol. The van der Waals surface area contributed by atoms with Crippen molar-refractivity contribution in [3.8, 4) is 5.75 Å². The van der Waals surface area contributed by atoms with E-state index in [1.165, 1.54) is 4.90 Å². The van der Waals surface area contributed by atoms with Crippen molar-refractivity contribution in [2.45, 2.75) is 39.8 Å². The lowest BCUT2D eigenvalue weighted by Crippen LogP contribution is -2.33. The van der Waals surface area contributed by atoms with E-state index in [1.54, 1.807) is 42.7 Å². The van der Waals surface area contributed by atoms with E-state index < -0.39 is 17.7 Å². The van der Waals surface area contributed by atoms with Gasteiger partial charge in [-0.1, -0.05) is 0 Å². The standard InChI is InChI=1S/C24H28N2O5/c1-5-30-19-7-6-18(14-16(19)4)22(27)20-21(17-8-10-25-11-9-17)26(24(29)23(20)28)12-13-31-15(2)3/h6-11,14-15,21,27H,5,12-13H2,1-4H3/b22-20-. The van der Waals surface area contributed by atoms with Gasteiger partial charge in [0.2, 0.25) is 0 Å². The summed E-state index contributed by atoms with van der Waals surface area (Å²) in [4.78, 5) is 31.3. The van der Waals surface area contributed by atoms with Gasteiger partial charge in [0.15, 0.2) is 0 Å². The molecule has 2 aromatic rings. The Morgan fingerprint density at radius 1 is 1.19 bits per heavy atom. The molecule has 0 radical (unpaired) electrons. The van der Waals surface area contributed by atoms with Crippen LogP contribution in [0.3, 0.4) is 0 Å². The molecule has 1 unspecified atom stereocenters. The fraction of sp³-hybridized carbons (Fsp3) is 0.375. The molecule has 7 heteroatoms. The van der Waals surface area contributed by atoms with Crippen LogP contribution in [0.1, 0.15) is 43.5 Å². The van der Waals surface area contributed by atoms with Crippen LogP contribution >= 0.6 is 0 Å². The summed E-state index contributed by atoms with van der Waals surface area (Å²) >= 11 is 0. The van der Waals surface area contributed by atoms with Gasteiger partial charge in [-0.05, 0) is 69.2 Å². The van der Waals surface area contributed by atoms with Crippen LogP contribution in [0, 0.1) is 6.92 Å². The number of nitrogens with zero attached hydrogens (tertiary/aromatic N) is 2. The van der Waals surface area contributed by atoms with Crippen molar-refractivity contribution in [2.75, 3.05) is 19.8 Å². The first-order chi connectivity index (χ1) is 14.8. The Morgan fingerprint density at radius 3 is 2.52 bits per heavy atom. The average molecular weight is 424 g/mol. The number of ether oxygens (including phenoxy) is 2. The monoisotopic (exact) mass is 424 g/mol. The first-order valence-corrected chi connectivity index (χ1v) is 10.4. The van der Waals surface area contributed by atoms with Gasteiger partial charge in [0.05, 0.1) is 30.9 Å². The van der Waals surface area contributed by atoms with Gasteiger partial charge in [-0.3, -0.25) is 14.6 Å². The second kappa shape index (κ2) is 9.75. The number of rotatable bonds is 8. The van der Waals surface area contributed by atoms with Crippen LogP contribution in [0.4, 0.5) is 0 Å². The number of Topliss-reactive ketones (excluding diaryl/α,β-unsaturated/α-hetero) is 1. The molecular formula is C24H28N2O5. The van der Waals surface area contributed by atoms with Crippen molar-refractivity contribution >= 4 is 17.4 Å². The highest BCUT2D eigenvalue weighted by atomic mass is 16.5. The zero-order valence-corrected chi connectivity index (χ0v) is 18.3. The van der Waals surface area contributed by atoms with E-state index in [0.29, 0.717) is 23.5 Å². The zero-order chi connectivity index (χ0) is 22.5. The summed E-state index contributed by atoms with van der Waals surface area (Å²) in [5.41, 5.74) is 2.04. The molecule has 1 aliphatic heterocycles. The molecule has 164 valence electrons. The van der Waals surface area contributed by atoms with E-state index in [1.807, 2.05) is 27.7 Å². The van der Waals surface area contributed by atoms with Crippen LogP contribution in [0.2, 0.25) is 0 Å². The van der Waals surface area contributed by atoms with Crippen LogP contribution < -0.4 is 4.74 Å². The maximum Gasteiger partial charge on any atom is 0.295 e. The molecule has 1 saturated heterocycles. The highest BCUT2D eigenvalue weighted by Gasteiger charge is 2.45. The fourth-order valence-corrected chi connectivity index (χ4v) is 3.66. The summed E-state index contributed by atoms with van der Waals surface area (Å²) < 4.78 is 11.2. The number of likely N-dealkylation sites (tertiary alicyclic amines) is 1. The third kappa shape index (κ3) is 4.77. The Balaban J connectivity index is 2.06. The molecule has 1 fully saturated rings. The minimum Gasteiger partial charge on any atom is -0.507 e. The third-order valence-corrected chi connectivity index (χ3v) is 5.09. The Bertz CT molecular complexity index is 985. The van der Waals surface area contributed by atoms with Crippen molar-refractivity contribution in [2.24, 2.45) is 0 Å². The maximum absolute atomic E-state index is 13.0. The van der Waals surface area contributed by atoms with Gasteiger partial charge in [0.1, 0.15) is 11.5 Å². The smallest absolute Gasteiger partial charge is 0.295 e. The van der Waals surface area contributed by atoms with Gasteiger partial charge in [-0.25, -0.2) is 0 Å². The van der Waals surface area contributed by atoms with Crippen LogP contribution in [-0.2, 0) is 14.3 Å². The number of aliphatic hydroxyl groups excluding tert-OH is 1. The normalized spacial score (nSPS) is 18.1. The second-order valence-corrected chi connectivity index (χ2v) is 7.61. The van der Waals surface area contributed by atoms with Crippen LogP contribution in [-0.4, -0.2) is 52.5 Å². The molecule has 1 amide bonds. The lowest BCUT2D eigenvalue weighted by atomic mass is 9.95. The number of hydrogen-bond acceptors (Lipinski definition) is 6. The number of aromatic nitrogens is 1. The number of benzene rings is 1. The highest BCUT2D eigenvalue weighted by molar-refractivity contribution is 6.46. The third-order valence-electron chi connectivity index (χ3n) is 5.09. The van der Waals surface area contributed by atoms with E-state index in [0.717, 1.165) is 5.56 Å². The molecule has 0 saturated carbocycles. The van der Waals surface area contributed by atoms with Crippen molar-refractivity contribution in [1.29, 1.82) is 0 Å². The van der Waals surface area contributed by atoms with E-state index in [4.69, 9.17) is 9.47 Å². The highest BCUT2D eigenvalue weighted by Crippen LogP contribution is 2.39. The van der Waals surface area contributed by atoms with Gasteiger partial charge >= 0.3 is 0 Å². The van der Waals surface area contributed by atoms with E-state index >= 15 is 0 Å². The lowest BCUT2D eigenvalue weighted by molar-refractivity contribution is -0.140. The number of aryl methyl sites for hydroxylation is 1. The summed E-state index contributed by atoms with van der Waals surface area (Å²) in [6, 6.07) is 7.95. The van der Waals surface area contributed by atoms with Crippen molar-refractivity contribution in [3.05, 3.63) is 65.0 Å². The van der Waals surface area contributed by atoms with Gasteiger partial charge in [-0.2, -0.15) is 0 Å². The summed E-state index contributed by atoms with van der Waals surface area (Å²) in [5, 5.41) is 11.1. The number of pyridine rings is 1. The molecule has 1 N–H and O–H groups in total. The summed E-state index contributed by atoms with van der Waals surface area (Å²) in [7, 11) is 0. The summed E-state index contributed by atoms with van der Waals surface area (Å²) in [5.74, 6) is -0.872. The molecule has 2 heterocycles. The summed E-state index contributed by atoms with van der Waals surface area (Å²) in [6.07, 6.45) is 3.20. The van der Waals surface area contributed by atoms with E-state index in [9.17, 15) is 14.7 Å². The zero-order valence-electron chi connectivity index (χ0n) is 18.3. The summed E-state index contributed by atoms with van der Waals surface area (Å²) in [6.45, 7) is 8.61. The number of amides is 1. The lowest BCUT2D eigenvalue weighted by Gasteiger charge is -2.25. The van der Waals surface area contributed by atoms with E-state index in [2.05, 4.69) is 4.98 Å². The maximum atomic E-state index is 13.0. The van der Waals surface area contributed by atoms with Crippen LogP contribution in [0.25, 0.3) is 5.76 Å². The van der Waals surface area contributed by atoms with Crippen LogP contribution in [0.15, 0.2) is 48.3 Å². The molecule has 31 heavy (non-hydrogen) atoms. The molecule has 0 aliphatic carbocycles. The first kappa shape index (κ1) is 22.5. The predicted octanol–water partition coefficient (Wildman–Crippen LogP) is 3.64. The van der Waals surface area contributed by atoms with Crippen molar-refractivity contribution in [1.82, 2.24) is 9.88 Å². The Hall–Kier alpha value is -3.19. The average Bonchev–Trinajstić information content (AvgIpc) is 3.00. The SMILES string of the molecule is CCOc1ccc(/C(O)=C2/C(=O)C(=O)N(CCOC(C)C)C2c2ccncc2)cc1C. The number of ketones is 1. The fourth-order valence-electron chi connectivity index (χ4n) is 3.66. The number of carbonyl (C=O) groups is 2. The quantitative estimate of drug-likeness (QED) is 0.395. The predicted molar refractivity (Wildman–Crippen MR) is 117 cm³/mol. The van der Waals surface area contributed by atoms with Gasteiger partial charge in [-0.15, -0.1) is 0 Å². The van der Waals surface area contributed by atoms with Crippen LogP contribution in [0.5, 0.6) is 5.75 Å². The minimum atomic E-state index is -0.717. The molecule has 1 aromatic heterocycles. The molecule has 3 rings (SSSR count). The van der Waals surface area contributed by atoms with E-state index in [-0.39, 0.29) is 30.6 Å². The minimum absolute atomic E-state index is 0.00280. The van der Waals surface area contributed by atoms with Crippen molar-refractivity contribution in [3.63, 3.8) is 0 Å². The molecule has 1 aromatic carbocycles.